The van der Waals surface area contributed by atoms with Crippen LogP contribution in [0.3, 0.4) is 0 Å². The molecule has 3 heterocycles. The molecule has 0 saturated carbocycles. The van der Waals surface area contributed by atoms with Gasteiger partial charge in [-0.05, 0) is 33.1 Å². The van der Waals surface area contributed by atoms with Gasteiger partial charge >= 0.3 is 11.9 Å². The second-order valence-corrected chi connectivity index (χ2v) is 17.6. The largest absolute Gasteiger partial charge is 0.481 e. The number of nitrogens with two attached hydrogens (primary N) is 1. The molecule has 3 aliphatic rings. The zero-order chi connectivity index (χ0) is 48.4. The molecule has 14 unspecified atom stereocenters. The van der Waals surface area contributed by atoms with E-state index in [-0.39, 0.29) is 31.6 Å². The number of carbonyl (C=O) groups excluding carboxylic acids is 1. The molecule has 3 rings (SSSR count). The van der Waals surface area contributed by atoms with E-state index in [1.54, 1.807) is 80.7 Å². The molecule has 2 saturated heterocycles. The van der Waals surface area contributed by atoms with E-state index in [0.717, 1.165) is 0 Å². The van der Waals surface area contributed by atoms with Crippen molar-refractivity contribution in [3.05, 3.63) is 85.1 Å². The Morgan fingerprint density at radius 2 is 1.23 bits per heavy atom. The van der Waals surface area contributed by atoms with Crippen LogP contribution >= 0.6 is 0 Å². The Kier molecular flexibility index (Phi) is 23.6. The molecule has 0 aromatic rings. The summed E-state index contributed by atoms with van der Waals surface area (Å²) in [6, 6.07) is -1.15. The number of cyclic esters (lactones) is 1. The van der Waals surface area contributed by atoms with Gasteiger partial charge in [0.05, 0.1) is 79.6 Å². The van der Waals surface area contributed by atoms with E-state index in [4.69, 9.17) is 24.7 Å². The van der Waals surface area contributed by atoms with Crippen molar-refractivity contribution in [1.29, 1.82) is 0 Å². The summed E-state index contributed by atoms with van der Waals surface area (Å²) in [6.45, 7) is 6.74. The van der Waals surface area contributed by atoms with Gasteiger partial charge in [0.2, 0.25) is 0 Å². The third-order valence-corrected chi connectivity index (χ3v) is 12.0. The van der Waals surface area contributed by atoms with Crippen LogP contribution in [0.5, 0.6) is 0 Å². The summed E-state index contributed by atoms with van der Waals surface area (Å²) in [7, 11) is 0. The minimum Gasteiger partial charge on any atom is -0.481 e. The van der Waals surface area contributed by atoms with Crippen molar-refractivity contribution in [3.63, 3.8) is 0 Å². The number of carbonyl (C=O) groups is 2. The van der Waals surface area contributed by atoms with Crippen LogP contribution < -0.4 is 5.73 Å². The van der Waals surface area contributed by atoms with Crippen LogP contribution in [0.2, 0.25) is 0 Å². The molecule has 0 amide bonds. The van der Waals surface area contributed by atoms with Crippen LogP contribution in [0.15, 0.2) is 85.1 Å². The number of hydrogen-bond acceptors (Lipinski definition) is 17. The molecule has 3 aliphatic heterocycles. The number of esters is 1. The second-order valence-electron chi connectivity index (χ2n) is 17.6. The highest BCUT2D eigenvalue weighted by atomic mass is 16.7. The molecule has 0 aromatic heterocycles. The summed E-state index contributed by atoms with van der Waals surface area (Å²) < 4.78 is 23.1. The normalized spacial score (nSPS) is 42.0. The fraction of sp³-hybridized carbons (Fsp3) is 0.660. The van der Waals surface area contributed by atoms with Gasteiger partial charge in [0.1, 0.15) is 18.1 Å². The predicted octanol–water partition coefficient (Wildman–Crippen LogP) is 0.712. The van der Waals surface area contributed by atoms with Crippen LogP contribution in [-0.2, 0) is 28.5 Å². The Bertz CT molecular complexity index is 1670. The third-order valence-electron chi connectivity index (χ3n) is 12.0. The van der Waals surface area contributed by atoms with Crippen LogP contribution in [0.4, 0.5) is 0 Å². The molecule has 0 spiro atoms. The number of carboxylic acid groups (broad SMARTS) is 1. The molecule has 13 N–H and O–H groups in total. The Balaban J connectivity index is 1.86. The molecule has 65 heavy (non-hydrogen) atoms. The highest BCUT2D eigenvalue weighted by Crippen LogP contribution is 2.38. The van der Waals surface area contributed by atoms with Gasteiger partial charge in [0.15, 0.2) is 12.1 Å². The third kappa shape index (κ3) is 18.6. The SMILES string of the molecule is CC1C=CC=CC=CC=CC=CC=CC=CC(O[C@@H]2O[C@H](C)[C@@H](O)[C@H](N)[C@@H]2O)CC2OC(O)(CC(O)CC(O)C(O)CCC(O)CC(O)CC(=O)OC(C)C(C)C1O)CC(O)C2C(=O)O. The molecule has 0 aromatic carbocycles. The first kappa shape index (κ1) is 55.9. The number of rotatable bonds is 3. The van der Waals surface area contributed by atoms with Gasteiger partial charge in [0, 0.05) is 37.5 Å². The number of aliphatic hydroxyl groups excluding tert-OH is 9. The molecule has 2 fully saturated rings. The molecular weight excluding hydrogens is 851 g/mol. The number of allylic oxidation sites excluding steroid dienone is 12. The lowest BCUT2D eigenvalue weighted by molar-refractivity contribution is -0.308. The Hall–Kier alpha value is -3.44. The number of carboxylic acids is 1. The number of fused-ring (bicyclic) bond motifs is 2. The van der Waals surface area contributed by atoms with E-state index in [2.05, 4.69) is 0 Å². The maximum atomic E-state index is 12.6. The van der Waals surface area contributed by atoms with Crippen molar-refractivity contribution in [2.75, 3.05) is 0 Å². The highest BCUT2D eigenvalue weighted by molar-refractivity contribution is 5.71. The first-order valence-corrected chi connectivity index (χ1v) is 22.3. The molecule has 18 heteroatoms. The fourth-order valence-corrected chi connectivity index (χ4v) is 7.97. The average Bonchev–Trinajstić information content (AvgIpc) is 3.21. The standard InChI is InChI=1S/C47H73NO17/c1-27-17-15-13-11-9-7-5-6-8-10-12-14-16-18-34(64-46-44(58)41(48)43(57)30(4)63-46)24-38-40(45(59)60)37(54)26-47(61,65-38)25-33(51)22-36(53)35(52)20-19-31(49)21-32(50)23-39(55)62-29(3)28(2)42(27)56/h5-18,27-38,40-44,46,49-54,56-58,61H,19-26,48H2,1-4H3,(H,59,60)/t27?,28?,29?,30-,31?,32?,33?,34?,35?,36?,37?,38?,40?,41+,42?,43-,44+,46+,47?/m1/s1. The monoisotopic (exact) mass is 923 g/mol. The fourth-order valence-electron chi connectivity index (χ4n) is 7.97. The molecule has 0 aliphatic carbocycles. The Labute approximate surface area is 381 Å². The molecule has 0 radical (unpaired) electrons. The number of ether oxygens (including phenoxy) is 4. The van der Waals surface area contributed by atoms with Crippen LogP contribution in [-0.4, -0.2) is 166 Å². The quantitative estimate of drug-likeness (QED) is 0.174. The predicted molar refractivity (Wildman–Crippen MR) is 237 cm³/mol. The van der Waals surface area contributed by atoms with Crippen molar-refractivity contribution in [1.82, 2.24) is 0 Å². The van der Waals surface area contributed by atoms with Gasteiger partial charge in [-0.25, -0.2) is 0 Å². The number of aliphatic hydroxyl groups is 10. The topological polar surface area (TPSA) is 320 Å². The van der Waals surface area contributed by atoms with Gasteiger partial charge < -0.3 is 80.9 Å². The zero-order valence-corrected chi connectivity index (χ0v) is 37.6. The second kappa shape index (κ2) is 27.4. The summed E-state index contributed by atoms with van der Waals surface area (Å²) in [5, 5.41) is 118. The van der Waals surface area contributed by atoms with Gasteiger partial charge in [-0.2, -0.15) is 0 Å². The zero-order valence-electron chi connectivity index (χ0n) is 37.6. The van der Waals surface area contributed by atoms with Crippen molar-refractivity contribution < 1.29 is 84.7 Å². The van der Waals surface area contributed by atoms with E-state index in [0.29, 0.717) is 0 Å². The Morgan fingerprint density at radius 1 is 0.662 bits per heavy atom. The van der Waals surface area contributed by atoms with Crippen molar-refractivity contribution in [2.45, 2.75) is 177 Å². The van der Waals surface area contributed by atoms with Crippen LogP contribution in [0.1, 0.15) is 79.1 Å². The summed E-state index contributed by atoms with van der Waals surface area (Å²) in [4.78, 5) is 25.1. The van der Waals surface area contributed by atoms with Crippen LogP contribution in [0, 0.1) is 17.8 Å². The van der Waals surface area contributed by atoms with Gasteiger partial charge in [-0.15, -0.1) is 0 Å². The summed E-state index contributed by atoms with van der Waals surface area (Å²) in [5.74, 6) is -6.83. The summed E-state index contributed by atoms with van der Waals surface area (Å²) in [6.07, 6.45) is 3.46. The van der Waals surface area contributed by atoms with Gasteiger partial charge in [-0.3, -0.25) is 9.59 Å². The van der Waals surface area contributed by atoms with E-state index in [1.807, 2.05) is 19.1 Å². The smallest absolute Gasteiger partial charge is 0.311 e. The van der Waals surface area contributed by atoms with E-state index in [1.165, 1.54) is 13.0 Å². The molecule has 18 nitrogen and oxygen atoms in total. The van der Waals surface area contributed by atoms with Crippen LogP contribution in [0.25, 0.3) is 0 Å². The number of hydrogen-bond donors (Lipinski definition) is 12. The van der Waals surface area contributed by atoms with E-state index in [9.17, 15) is 65.8 Å². The molecule has 2 bridgehead atoms. The summed E-state index contributed by atoms with van der Waals surface area (Å²) in [5.41, 5.74) is 6.02. The minimum absolute atomic E-state index is 0.107. The molecule has 368 valence electrons. The Morgan fingerprint density at radius 3 is 1.82 bits per heavy atom. The first-order chi connectivity index (χ1) is 30.6. The maximum absolute atomic E-state index is 12.6. The van der Waals surface area contributed by atoms with Crippen molar-refractivity contribution in [2.24, 2.45) is 23.5 Å². The lowest BCUT2D eigenvalue weighted by atomic mass is 9.82. The minimum atomic E-state index is -2.33. The first-order valence-electron chi connectivity index (χ1n) is 22.3. The highest BCUT2D eigenvalue weighted by Gasteiger charge is 2.51. The van der Waals surface area contributed by atoms with Gasteiger partial charge in [0.25, 0.3) is 0 Å². The van der Waals surface area contributed by atoms with Gasteiger partial charge in [-0.1, -0.05) is 98.9 Å². The maximum Gasteiger partial charge on any atom is 0.311 e. The van der Waals surface area contributed by atoms with Crippen molar-refractivity contribution >= 4 is 11.9 Å². The lowest BCUT2D eigenvalue weighted by Gasteiger charge is -2.45. The lowest BCUT2D eigenvalue weighted by Crippen LogP contribution is -2.61. The average molecular weight is 924 g/mol. The number of aliphatic carboxylic acids is 1. The molecule has 19 atom stereocenters. The van der Waals surface area contributed by atoms with E-state index >= 15 is 0 Å². The van der Waals surface area contributed by atoms with E-state index < -0.39 is 147 Å². The van der Waals surface area contributed by atoms with Crippen molar-refractivity contribution in [3.8, 4) is 0 Å². The molecular formula is C47H73NO17. The summed E-state index contributed by atoms with van der Waals surface area (Å²) >= 11 is 0.